The third-order valence-corrected chi connectivity index (χ3v) is 3.18. The molecule has 0 saturated carbocycles. The van der Waals surface area contributed by atoms with Gasteiger partial charge in [-0.3, -0.25) is 10.1 Å². The number of nitro benzene ring substituents is 1. The first-order valence-corrected chi connectivity index (χ1v) is 6.64. The molecule has 2 aromatic carbocycles. The van der Waals surface area contributed by atoms with Gasteiger partial charge in [0, 0.05) is 12.1 Å². The van der Waals surface area contributed by atoms with Gasteiger partial charge in [-0.1, -0.05) is 11.6 Å². The number of hydrogen-bond donors (Lipinski definition) is 0. The Labute approximate surface area is 135 Å². The van der Waals surface area contributed by atoms with Gasteiger partial charge in [0.15, 0.2) is 0 Å². The molecule has 0 heterocycles. The first-order valence-electron chi connectivity index (χ1n) is 6.27. The highest BCUT2D eigenvalue weighted by Gasteiger charge is 2.17. The molecule has 0 amide bonds. The van der Waals surface area contributed by atoms with E-state index >= 15 is 0 Å². The Morgan fingerprint density at radius 3 is 2.26 bits per heavy atom. The minimum absolute atomic E-state index is 0.00527. The summed E-state index contributed by atoms with van der Waals surface area (Å²) in [6.07, 6.45) is 0. The van der Waals surface area contributed by atoms with Crippen molar-refractivity contribution in [2.24, 2.45) is 0 Å². The van der Waals surface area contributed by atoms with Crippen molar-refractivity contribution in [2.75, 3.05) is 7.11 Å². The second-order valence-corrected chi connectivity index (χ2v) is 4.73. The number of halogens is 1. The quantitative estimate of drug-likeness (QED) is 0.368. The molecule has 0 atom stereocenters. The highest BCUT2D eigenvalue weighted by atomic mass is 35.5. The Morgan fingerprint density at radius 2 is 1.74 bits per heavy atom. The molecule has 0 spiro atoms. The minimum atomic E-state index is -0.768. The molecule has 8 heteroatoms. The van der Waals surface area contributed by atoms with Crippen LogP contribution in [0.1, 0.15) is 20.7 Å². The summed E-state index contributed by atoms with van der Waals surface area (Å²) in [4.78, 5) is 33.3. The summed E-state index contributed by atoms with van der Waals surface area (Å²) in [6, 6.07) is 9.15. The monoisotopic (exact) mass is 335 g/mol. The molecule has 7 nitrogen and oxygen atoms in total. The molecular weight excluding hydrogens is 326 g/mol. The van der Waals surface area contributed by atoms with Gasteiger partial charge in [0.25, 0.3) is 5.69 Å². The number of rotatable bonds is 4. The SMILES string of the molecule is COC(=O)c1ccc(OC(=O)c2ccc([N+](=O)[O-])cc2Cl)cc1. The van der Waals surface area contributed by atoms with Crippen molar-refractivity contribution < 1.29 is 24.0 Å². The van der Waals surface area contributed by atoms with Crippen LogP contribution in [-0.2, 0) is 4.74 Å². The Morgan fingerprint density at radius 1 is 1.09 bits per heavy atom. The van der Waals surface area contributed by atoms with Crippen LogP contribution >= 0.6 is 11.6 Å². The fourth-order valence-corrected chi connectivity index (χ4v) is 1.97. The number of methoxy groups -OCH3 is 1. The average molecular weight is 336 g/mol. The van der Waals surface area contributed by atoms with Gasteiger partial charge in [0.1, 0.15) is 5.75 Å². The molecule has 0 radical (unpaired) electrons. The van der Waals surface area contributed by atoms with E-state index in [9.17, 15) is 19.7 Å². The lowest BCUT2D eigenvalue weighted by molar-refractivity contribution is -0.384. The molecule has 0 saturated heterocycles. The molecule has 0 aliphatic carbocycles. The summed E-state index contributed by atoms with van der Waals surface area (Å²) in [6.45, 7) is 0. The Hall–Kier alpha value is -2.93. The van der Waals surface area contributed by atoms with Gasteiger partial charge in [0.05, 0.1) is 28.2 Å². The van der Waals surface area contributed by atoms with E-state index in [0.717, 1.165) is 12.1 Å². The van der Waals surface area contributed by atoms with E-state index in [4.69, 9.17) is 16.3 Å². The van der Waals surface area contributed by atoms with E-state index in [1.165, 1.54) is 37.4 Å². The number of esters is 2. The molecular formula is C15H10ClNO6. The number of ether oxygens (including phenoxy) is 2. The minimum Gasteiger partial charge on any atom is -0.465 e. The van der Waals surface area contributed by atoms with Crippen molar-refractivity contribution in [3.05, 3.63) is 68.7 Å². The standard InChI is InChI=1S/C15H10ClNO6/c1-22-14(18)9-2-5-11(6-3-9)23-15(19)12-7-4-10(17(20)21)8-13(12)16/h2-8H,1H3. The van der Waals surface area contributed by atoms with Gasteiger partial charge in [-0.2, -0.15) is 0 Å². The summed E-state index contributed by atoms with van der Waals surface area (Å²) < 4.78 is 9.66. The zero-order valence-electron chi connectivity index (χ0n) is 11.8. The Kier molecular flexibility index (Phi) is 4.92. The highest BCUT2D eigenvalue weighted by molar-refractivity contribution is 6.33. The zero-order valence-corrected chi connectivity index (χ0v) is 12.6. The highest BCUT2D eigenvalue weighted by Crippen LogP contribution is 2.24. The molecule has 2 rings (SSSR count). The largest absolute Gasteiger partial charge is 0.465 e. The van der Waals surface area contributed by atoms with Crippen LogP contribution < -0.4 is 4.74 Å². The summed E-state index contributed by atoms with van der Waals surface area (Å²) in [5, 5.41) is 10.5. The van der Waals surface area contributed by atoms with Crippen LogP contribution in [0, 0.1) is 10.1 Å². The van der Waals surface area contributed by atoms with E-state index in [1.54, 1.807) is 0 Å². The molecule has 23 heavy (non-hydrogen) atoms. The molecule has 0 bridgehead atoms. The summed E-state index contributed by atoms with van der Waals surface area (Å²) in [7, 11) is 1.26. The topological polar surface area (TPSA) is 95.7 Å². The smallest absolute Gasteiger partial charge is 0.345 e. The second-order valence-electron chi connectivity index (χ2n) is 4.33. The van der Waals surface area contributed by atoms with Gasteiger partial charge >= 0.3 is 11.9 Å². The maximum atomic E-state index is 12.0. The van der Waals surface area contributed by atoms with Gasteiger partial charge in [-0.15, -0.1) is 0 Å². The average Bonchev–Trinajstić information content (AvgIpc) is 2.54. The molecule has 2 aromatic rings. The maximum absolute atomic E-state index is 12.0. The summed E-state index contributed by atoms with van der Waals surface area (Å²) in [5.74, 6) is -1.09. The molecule has 0 aromatic heterocycles. The second kappa shape index (κ2) is 6.89. The first-order chi connectivity index (χ1) is 10.9. The van der Waals surface area contributed by atoms with Crippen molar-refractivity contribution in [1.82, 2.24) is 0 Å². The number of non-ortho nitro benzene ring substituents is 1. The summed E-state index contributed by atoms with van der Waals surface area (Å²) >= 11 is 5.85. The van der Waals surface area contributed by atoms with Crippen molar-refractivity contribution in [3.8, 4) is 5.75 Å². The van der Waals surface area contributed by atoms with Gasteiger partial charge in [0.2, 0.25) is 0 Å². The molecule has 0 fully saturated rings. The van der Waals surface area contributed by atoms with Crippen LogP contribution in [0.5, 0.6) is 5.75 Å². The van der Waals surface area contributed by atoms with E-state index in [1.807, 2.05) is 0 Å². The lowest BCUT2D eigenvalue weighted by Gasteiger charge is -2.06. The van der Waals surface area contributed by atoms with E-state index in [-0.39, 0.29) is 22.0 Å². The fourth-order valence-electron chi connectivity index (χ4n) is 1.72. The number of benzene rings is 2. The third-order valence-electron chi connectivity index (χ3n) is 2.87. The van der Waals surface area contributed by atoms with Gasteiger partial charge in [-0.05, 0) is 30.3 Å². The van der Waals surface area contributed by atoms with Gasteiger partial charge in [-0.25, -0.2) is 9.59 Å². The Bertz CT molecular complexity index is 772. The predicted octanol–water partition coefficient (Wildman–Crippen LogP) is 3.25. The number of carbonyl (C=O) groups excluding carboxylic acids is 2. The molecule has 0 aliphatic rings. The van der Waals surface area contributed by atoms with Gasteiger partial charge < -0.3 is 9.47 Å². The number of nitrogens with zero attached hydrogens (tertiary/aromatic N) is 1. The zero-order chi connectivity index (χ0) is 17.0. The van der Waals surface area contributed by atoms with E-state index in [2.05, 4.69) is 4.74 Å². The predicted molar refractivity (Wildman–Crippen MR) is 80.8 cm³/mol. The fraction of sp³-hybridized carbons (Fsp3) is 0.0667. The lowest BCUT2D eigenvalue weighted by atomic mass is 10.2. The lowest BCUT2D eigenvalue weighted by Crippen LogP contribution is -2.09. The van der Waals surface area contributed by atoms with Crippen molar-refractivity contribution in [2.45, 2.75) is 0 Å². The normalized spacial score (nSPS) is 10.0. The number of carbonyl (C=O) groups is 2. The van der Waals surface area contributed by atoms with Crippen LogP contribution in [0.3, 0.4) is 0 Å². The molecule has 0 N–H and O–H groups in total. The first kappa shape index (κ1) is 16.4. The molecule has 0 aliphatic heterocycles. The number of hydrogen-bond acceptors (Lipinski definition) is 6. The summed E-state index contributed by atoms with van der Waals surface area (Å²) in [5.41, 5.74) is 0.0731. The van der Waals surface area contributed by atoms with Crippen LogP contribution in [0.2, 0.25) is 5.02 Å². The van der Waals surface area contributed by atoms with Crippen molar-refractivity contribution >= 4 is 29.2 Å². The van der Waals surface area contributed by atoms with Crippen LogP contribution in [0.4, 0.5) is 5.69 Å². The van der Waals surface area contributed by atoms with E-state index < -0.39 is 16.9 Å². The number of nitro groups is 1. The third kappa shape index (κ3) is 3.83. The van der Waals surface area contributed by atoms with Crippen molar-refractivity contribution in [1.29, 1.82) is 0 Å². The molecule has 0 unspecified atom stereocenters. The van der Waals surface area contributed by atoms with E-state index in [0.29, 0.717) is 5.56 Å². The van der Waals surface area contributed by atoms with Crippen molar-refractivity contribution in [3.63, 3.8) is 0 Å². The van der Waals surface area contributed by atoms with Crippen LogP contribution in [0.25, 0.3) is 0 Å². The maximum Gasteiger partial charge on any atom is 0.345 e. The van der Waals surface area contributed by atoms with Crippen LogP contribution in [-0.4, -0.2) is 24.0 Å². The van der Waals surface area contributed by atoms with Crippen LogP contribution in [0.15, 0.2) is 42.5 Å². The Balaban J connectivity index is 2.16. The molecule has 118 valence electrons.